The second-order valence-corrected chi connectivity index (χ2v) is 5.38. The predicted octanol–water partition coefficient (Wildman–Crippen LogP) is 3.97. The zero-order chi connectivity index (χ0) is 16.2. The summed E-state index contributed by atoms with van der Waals surface area (Å²) in [5, 5.41) is 11.5. The molecule has 2 aromatic carbocycles. The van der Waals surface area contributed by atoms with Crippen molar-refractivity contribution in [3.63, 3.8) is 0 Å². The van der Waals surface area contributed by atoms with Gasteiger partial charge in [-0.3, -0.25) is 0 Å². The fraction of sp³-hybridized carbons (Fsp3) is 0.222. The van der Waals surface area contributed by atoms with E-state index in [0.29, 0.717) is 18.3 Å². The molecule has 23 heavy (non-hydrogen) atoms. The number of nitrogens with one attached hydrogen (secondary N) is 1. The number of rotatable bonds is 5. The number of nitrogens with zero attached hydrogens (tertiary/aromatic N) is 2. The first-order valence-electron chi connectivity index (χ1n) is 7.43. The highest BCUT2D eigenvalue weighted by Gasteiger charge is 2.08. The smallest absolute Gasteiger partial charge is 0.247 e. The zero-order valence-electron chi connectivity index (χ0n) is 13.5. The van der Waals surface area contributed by atoms with Crippen LogP contribution in [0.2, 0.25) is 0 Å². The fourth-order valence-corrected chi connectivity index (χ4v) is 2.20. The molecule has 0 amide bonds. The third-order valence-electron chi connectivity index (χ3n) is 3.75. The highest BCUT2D eigenvalue weighted by Crippen LogP contribution is 2.21. The van der Waals surface area contributed by atoms with Gasteiger partial charge in [-0.2, -0.15) is 0 Å². The number of aryl methyl sites for hydroxylation is 2. The predicted molar refractivity (Wildman–Crippen MR) is 89.5 cm³/mol. The Kier molecular flexibility index (Phi) is 4.28. The molecule has 118 valence electrons. The largest absolute Gasteiger partial charge is 0.497 e. The minimum atomic E-state index is 0.492. The molecule has 0 radical (unpaired) electrons. The second-order valence-electron chi connectivity index (χ2n) is 5.38. The van der Waals surface area contributed by atoms with E-state index in [0.717, 1.165) is 17.0 Å². The number of benzene rings is 2. The molecule has 0 spiro atoms. The molecule has 0 aliphatic carbocycles. The van der Waals surface area contributed by atoms with Crippen molar-refractivity contribution in [3.05, 3.63) is 59.5 Å². The monoisotopic (exact) mass is 309 g/mol. The molecule has 0 fully saturated rings. The van der Waals surface area contributed by atoms with Crippen LogP contribution in [0.15, 0.2) is 46.9 Å². The van der Waals surface area contributed by atoms with Gasteiger partial charge < -0.3 is 14.5 Å². The van der Waals surface area contributed by atoms with Crippen molar-refractivity contribution < 1.29 is 9.15 Å². The van der Waals surface area contributed by atoms with E-state index < -0.39 is 0 Å². The Balaban J connectivity index is 1.67. The van der Waals surface area contributed by atoms with E-state index in [-0.39, 0.29) is 0 Å². The van der Waals surface area contributed by atoms with Crippen LogP contribution in [0.5, 0.6) is 5.75 Å². The van der Waals surface area contributed by atoms with Crippen molar-refractivity contribution in [2.24, 2.45) is 0 Å². The molecule has 1 heterocycles. The van der Waals surface area contributed by atoms with Crippen LogP contribution in [0.4, 0.5) is 5.69 Å². The molecule has 3 aromatic rings. The Morgan fingerprint density at radius 2 is 1.78 bits per heavy atom. The molecule has 5 heteroatoms. The maximum Gasteiger partial charge on any atom is 0.247 e. The number of aromatic nitrogens is 2. The van der Waals surface area contributed by atoms with Crippen molar-refractivity contribution in [1.29, 1.82) is 0 Å². The maximum absolute atomic E-state index is 5.69. The lowest BCUT2D eigenvalue weighted by Gasteiger charge is -2.06. The quantitative estimate of drug-likeness (QED) is 0.772. The Morgan fingerprint density at radius 3 is 2.48 bits per heavy atom. The van der Waals surface area contributed by atoms with E-state index in [4.69, 9.17) is 9.15 Å². The van der Waals surface area contributed by atoms with Gasteiger partial charge in [0, 0.05) is 11.3 Å². The molecule has 1 aromatic heterocycles. The Labute approximate surface area is 135 Å². The van der Waals surface area contributed by atoms with Crippen molar-refractivity contribution in [1.82, 2.24) is 10.2 Å². The summed E-state index contributed by atoms with van der Waals surface area (Å²) in [4.78, 5) is 0. The fourth-order valence-electron chi connectivity index (χ4n) is 2.20. The van der Waals surface area contributed by atoms with Gasteiger partial charge in [0.25, 0.3) is 0 Å². The zero-order valence-corrected chi connectivity index (χ0v) is 13.5. The number of anilines is 1. The van der Waals surface area contributed by atoms with Gasteiger partial charge in [0.1, 0.15) is 5.75 Å². The lowest BCUT2D eigenvalue weighted by Crippen LogP contribution is -2.00. The summed E-state index contributed by atoms with van der Waals surface area (Å²) in [7, 11) is 1.64. The highest BCUT2D eigenvalue weighted by molar-refractivity contribution is 5.54. The summed E-state index contributed by atoms with van der Waals surface area (Å²) >= 11 is 0. The molecular weight excluding hydrogens is 290 g/mol. The Bertz CT molecular complexity index is 794. The molecule has 0 bridgehead atoms. The third kappa shape index (κ3) is 3.51. The number of methoxy groups -OCH3 is 1. The van der Waals surface area contributed by atoms with Crippen LogP contribution in [0.3, 0.4) is 0 Å². The average Bonchev–Trinajstić information content (AvgIpc) is 3.05. The van der Waals surface area contributed by atoms with Crippen LogP contribution in [-0.4, -0.2) is 17.3 Å². The lowest BCUT2D eigenvalue weighted by molar-refractivity contribution is 0.415. The van der Waals surface area contributed by atoms with Crippen molar-refractivity contribution in [2.45, 2.75) is 20.4 Å². The van der Waals surface area contributed by atoms with Gasteiger partial charge in [-0.1, -0.05) is 6.07 Å². The minimum Gasteiger partial charge on any atom is -0.497 e. The van der Waals surface area contributed by atoms with E-state index in [9.17, 15) is 0 Å². The van der Waals surface area contributed by atoms with Crippen molar-refractivity contribution in [3.8, 4) is 17.2 Å². The molecule has 0 unspecified atom stereocenters. The SMILES string of the molecule is COc1ccc(-c2nnc(CNc3ccc(C)c(C)c3)o2)cc1. The van der Waals surface area contributed by atoms with Crippen LogP contribution in [-0.2, 0) is 6.54 Å². The number of ether oxygens (including phenoxy) is 1. The van der Waals surface area contributed by atoms with Gasteiger partial charge >= 0.3 is 0 Å². The van der Waals surface area contributed by atoms with Crippen LogP contribution in [0.25, 0.3) is 11.5 Å². The van der Waals surface area contributed by atoms with E-state index in [2.05, 4.69) is 41.5 Å². The molecule has 0 saturated carbocycles. The van der Waals surface area contributed by atoms with Crippen molar-refractivity contribution >= 4 is 5.69 Å². The van der Waals surface area contributed by atoms with Gasteiger partial charge in [0.15, 0.2) is 0 Å². The third-order valence-corrected chi connectivity index (χ3v) is 3.75. The summed E-state index contributed by atoms with van der Waals surface area (Å²) in [6, 6.07) is 13.8. The van der Waals surface area contributed by atoms with Crippen LogP contribution in [0.1, 0.15) is 17.0 Å². The molecule has 0 saturated heterocycles. The Morgan fingerprint density at radius 1 is 1.00 bits per heavy atom. The molecule has 0 aliphatic heterocycles. The normalized spacial score (nSPS) is 10.6. The van der Waals surface area contributed by atoms with Crippen LogP contribution < -0.4 is 10.1 Å². The van der Waals surface area contributed by atoms with Gasteiger partial charge in [-0.05, 0) is 61.4 Å². The van der Waals surface area contributed by atoms with Crippen molar-refractivity contribution in [2.75, 3.05) is 12.4 Å². The van der Waals surface area contributed by atoms with Crippen LogP contribution in [0, 0.1) is 13.8 Å². The van der Waals surface area contributed by atoms with Gasteiger partial charge in [0.05, 0.1) is 13.7 Å². The molecule has 3 rings (SSSR count). The maximum atomic E-state index is 5.69. The first-order chi connectivity index (χ1) is 11.2. The molecule has 0 aliphatic rings. The first-order valence-corrected chi connectivity index (χ1v) is 7.43. The van der Waals surface area contributed by atoms with E-state index >= 15 is 0 Å². The summed E-state index contributed by atoms with van der Waals surface area (Å²) in [6.45, 7) is 4.68. The highest BCUT2D eigenvalue weighted by atomic mass is 16.5. The van der Waals surface area contributed by atoms with Gasteiger partial charge in [0.2, 0.25) is 11.8 Å². The van der Waals surface area contributed by atoms with Crippen LogP contribution >= 0.6 is 0 Å². The standard InChI is InChI=1S/C18H19N3O2/c1-12-4-7-15(10-13(12)2)19-11-17-20-21-18(23-17)14-5-8-16(22-3)9-6-14/h4-10,19H,11H2,1-3H3. The molecule has 0 atom stereocenters. The first kappa shape index (κ1) is 15.1. The summed E-state index contributed by atoms with van der Waals surface area (Å²) in [5.74, 6) is 1.85. The summed E-state index contributed by atoms with van der Waals surface area (Å²) < 4.78 is 10.8. The van der Waals surface area contributed by atoms with E-state index in [1.165, 1.54) is 11.1 Å². The average molecular weight is 309 g/mol. The lowest BCUT2D eigenvalue weighted by atomic mass is 10.1. The van der Waals surface area contributed by atoms with E-state index in [1.54, 1.807) is 7.11 Å². The molecule has 5 nitrogen and oxygen atoms in total. The Hall–Kier alpha value is -2.82. The van der Waals surface area contributed by atoms with Gasteiger partial charge in [-0.25, -0.2) is 0 Å². The molecular formula is C18H19N3O2. The molecule has 1 N–H and O–H groups in total. The van der Waals surface area contributed by atoms with Gasteiger partial charge in [-0.15, -0.1) is 10.2 Å². The van der Waals surface area contributed by atoms with E-state index in [1.807, 2.05) is 30.3 Å². The summed E-state index contributed by atoms with van der Waals surface area (Å²) in [6.07, 6.45) is 0. The summed E-state index contributed by atoms with van der Waals surface area (Å²) in [5.41, 5.74) is 4.43. The topological polar surface area (TPSA) is 60.2 Å². The minimum absolute atomic E-state index is 0.492. The number of hydrogen-bond acceptors (Lipinski definition) is 5. The number of hydrogen-bond donors (Lipinski definition) is 1. The second kappa shape index (κ2) is 6.52.